The minimum absolute atomic E-state index is 0.0321. The summed E-state index contributed by atoms with van der Waals surface area (Å²) in [6, 6.07) is 0.812. The van der Waals surface area contributed by atoms with Gasteiger partial charge in [-0.05, 0) is 31.7 Å². The fraction of sp³-hybridized carbons (Fsp3) is 1.00. The standard InChI is InChI=1S/C11H23NO/c1-11(2,3)10(13)7-8-12(4)9-5-6-9/h9-10,13H,5-8H2,1-4H3. The maximum Gasteiger partial charge on any atom is 0.0600 e. The van der Waals surface area contributed by atoms with Crippen molar-refractivity contribution in [2.45, 2.75) is 52.2 Å². The third-order valence-electron chi connectivity index (χ3n) is 2.93. The zero-order chi connectivity index (χ0) is 10.1. The van der Waals surface area contributed by atoms with E-state index >= 15 is 0 Å². The van der Waals surface area contributed by atoms with Gasteiger partial charge in [0, 0.05) is 12.6 Å². The van der Waals surface area contributed by atoms with Crippen molar-refractivity contribution in [2.24, 2.45) is 5.41 Å². The molecule has 0 aromatic carbocycles. The summed E-state index contributed by atoms with van der Waals surface area (Å²) in [5.41, 5.74) is 0.0321. The summed E-state index contributed by atoms with van der Waals surface area (Å²) in [6.45, 7) is 7.31. The number of hydrogen-bond acceptors (Lipinski definition) is 2. The van der Waals surface area contributed by atoms with Crippen molar-refractivity contribution in [1.29, 1.82) is 0 Å². The van der Waals surface area contributed by atoms with Crippen LogP contribution >= 0.6 is 0 Å². The molecule has 1 aliphatic carbocycles. The first-order valence-corrected chi connectivity index (χ1v) is 5.29. The molecule has 1 saturated carbocycles. The lowest BCUT2D eigenvalue weighted by molar-refractivity contribution is 0.0473. The zero-order valence-corrected chi connectivity index (χ0v) is 9.38. The van der Waals surface area contributed by atoms with Gasteiger partial charge < -0.3 is 10.0 Å². The quantitative estimate of drug-likeness (QED) is 0.723. The van der Waals surface area contributed by atoms with Gasteiger partial charge in [-0.15, -0.1) is 0 Å². The van der Waals surface area contributed by atoms with Crippen molar-refractivity contribution in [2.75, 3.05) is 13.6 Å². The molecule has 0 aromatic rings. The van der Waals surface area contributed by atoms with E-state index in [2.05, 4.69) is 32.7 Å². The van der Waals surface area contributed by atoms with Crippen LogP contribution < -0.4 is 0 Å². The third kappa shape index (κ3) is 3.65. The molecule has 0 spiro atoms. The third-order valence-corrected chi connectivity index (χ3v) is 2.93. The second-order valence-corrected chi connectivity index (χ2v) is 5.38. The van der Waals surface area contributed by atoms with E-state index in [9.17, 15) is 5.11 Å². The summed E-state index contributed by atoms with van der Waals surface area (Å²) < 4.78 is 0. The van der Waals surface area contributed by atoms with E-state index in [-0.39, 0.29) is 11.5 Å². The Labute approximate surface area is 81.9 Å². The highest BCUT2D eigenvalue weighted by Gasteiger charge is 2.28. The summed E-state index contributed by atoms with van der Waals surface area (Å²) >= 11 is 0. The van der Waals surface area contributed by atoms with Crippen molar-refractivity contribution in [1.82, 2.24) is 4.90 Å². The van der Waals surface area contributed by atoms with Crippen LogP contribution in [0.1, 0.15) is 40.0 Å². The maximum absolute atomic E-state index is 9.81. The minimum atomic E-state index is -0.173. The second-order valence-electron chi connectivity index (χ2n) is 5.38. The Kier molecular flexibility index (Phi) is 3.36. The molecular weight excluding hydrogens is 162 g/mol. The van der Waals surface area contributed by atoms with E-state index < -0.39 is 0 Å². The van der Waals surface area contributed by atoms with Gasteiger partial charge in [-0.1, -0.05) is 20.8 Å². The van der Waals surface area contributed by atoms with Crippen LogP contribution in [0.4, 0.5) is 0 Å². The number of rotatable bonds is 4. The van der Waals surface area contributed by atoms with Crippen LogP contribution in [0.2, 0.25) is 0 Å². The number of hydrogen-bond donors (Lipinski definition) is 1. The molecule has 0 bridgehead atoms. The first kappa shape index (κ1) is 11.0. The zero-order valence-electron chi connectivity index (χ0n) is 9.38. The molecule has 2 nitrogen and oxygen atoms in total. The first-order chi connectivity index (χ1) is 5.91. The summed E-state index contributed by atoms with van der Waals surface area (Å²) in [5.74, 6) is 0. The van der Waals surface area contributed by atoms with Crippen molar-refractivity contribution < 1.29 is 5.11 Å². The summed E-state index contributed by atoms with van der Waals surface area (Å²) in [4.78, 5) is 2.37. The van der Waals surface area contributed by atoms with Gasteiger partial charge in [-0.3, -0.25) is 0 Å². The molecule has 0 heterocycles. The van der Waals surface area contributed by atoms with Gasteiger partial charge in [0.15, 0.2) is 0 Å². The van der Waals surface area contributed by atoms with E-state index in [1.54, 1.807) is 0 Å². The van der Waals surface area contributed by atoms with Crippen molar-refractivity contribution in [3.05, 3.63) is 0 Å². The molecule has 0 aromatic heterocycles. The number of nitrogens with zero attached hydrogens (tertiary/aromatic N) is 1. The molecule has 1 fully saturated rings. The predicted octanol–water partition coefficient (Wildman–Crippen LogP) is 1.88. The Morgan fingerprint density at radius 3 is 2.31 bits per heavy atom. The lowest BCUT2D eigenvalue weighted by Gasteiger charge is -2.27. The molecule has 2 heteroatoms. The Morgan fingerprint density at radius 1 is 1.38 bits per heavy atom. The molecule has 0 saturated heterocycles. The molecule has 78 valence electrons. The predicted molar refractivity (Wildman–Crippen MR) is 55.7 cm³/mol. The monoisotopic (exact) mass is 185 g/mol. The van der Waals surface area contributed by atoms with E-state index in [1.165, 1.54) is 12.8 Å². The van der Waals surface area contributed by atoms with E-state index in [0.29, 0.717) is 0 Å². The van der Waals surface area contributed by atoms with Crippen LogP contribution in [0.15, 0.2) is 0 Å². The molecule has 0 radical (unpaired) electrons. The number of aliphatic hydroxyl groups is 1. The van der Waals surface area contributed by atoms with Crippen LogP contribution in [0.3, 0.4) is 0 Å². The van der Waals surface area contributed by atoms with Crippen molar-refractivity contribution in [3.8, 4) is 0 Å². The molecule has 1 N–H and O–H groups in total. The lowest BCUT2D eigenvalue weighted by atomic mass is 9.87. The Morgan fingerprint density at radius 2 is 1.92 bits per heavy atom. The fourth-order valence-corrected chi connectivity index (χ4v) is 1.46. The molecule has 1 unspecified atom stereocenters. The largest absolute Gasteiger partial charge is 0.393 e. The van der Waals surface area contributed by atoms with Gasteiger partial charge in [-0.25, -0.2) is 0 Å². The molecule has 0 amide bonds. The van der Waals surface area contributed by atoms with Crippen LogP contribution in [-0.4, -0.2) is 35.7 Å². The average Bonchev–Trinajstić information content (AvgIpc) is 2.79. The Balaban J connectivity index is 2.17. The Bertz CT molecular complexity index is 158. The van der Waals surface area contributed by atoms with E-state index in [4.69, 9.17) is 0 Å². The first-order valence-electron chi connectivity index (χ1n) is 5.29. The van der Waals surface area contributed by atoms with Crippen molar-refractivity contribution >= 4 is 0 Å². The SMILES string of the molecule is CN(CCC(O)C(C)(C)C)C1CC1. The van der Waals surface area contributed by atoms with Gasteiger partial charge >= 0.3 is 0 Å². The van der Waals surface area contributed by atoms with Crippen LogP contribution in [0, 0.1) is 5.41 Å². The van der Waals surface area contributed by atoms with Crippen LogP contribution in [0.5, 0.6) is 0 Å². The van der Waals surface area contributed by atoms with Gasteiger partial charge in [-0.2, -0.15) is 0 Å². The Hall–Kier alpha value is -0.0800. The average molecular weight is 185 g/mol. The maximum atomic E-state index is 9.81. The van der Waals surface area contributed by atoms with Gasteiger partial charge in [0.25, 0.3) is 0 Å². The second kappa shape index (κ2) is 3.97. The minimum Gasteiger partial charge on any atom is -0.393 e. The topological polar surface area (TPSA) is 23.5 Å². The van der Waals surface area contributed by atoms with Gasteiger partial charge in [0.1, 0.15) is 0 Å². The van der Waals surface area contributed by atoms with Crippen LogP contribution in [0.25, 0.3) is 0 Å². The van der Waals surface area contributed by atoms with E-state index in [0.717, 1.165) is 19.0 Å². The summed E-state index contributed by atoms with van der Waals surface area (Å²) in [7, 11) is 2.16. The highest BCUT2D eigenvalue weighted by Crippen LogP contribution is 2.27. The molecule has 0 aliphatic heterocycles. The highest BCUT2D eigenvalue weighted by atomic mass is 16.3. The summed E-state index contributed by atoms with van der Waals surface area (Å²) in [5, 5.41) is 9.81. The normalized spacial score (nSPS) is 20.8. The van der Waals surface area contributed by atoms with Gasteiger partial charge in [0.2, 0.25) is 0 Å². The van der Waals surface area contributed by atoms with E-state index in [1.807, 2.05) is 0 Å². The summed E-state index contributed by atoms with van der Waals surface area (Å²) in [6.07, 6.45) is 3.43. The highest BCUT2D eigenvalue weighted by molar-refractivity contribution is 4.83. The lowest BCUT2D eigenvalue weighted by Crippen LogP contribution is -2.31. The molecule has 13 heavy (non-hydrogen) atoms. The smallest absolute Gasteiger partial charge is 0.0600 e. The molecular formula is C11H23NO. The molecule has 1 aliphatic rings. The van der Waals surface area contributed by atoms with Gasteiger partial charge in [0.05, 0.1) is 6.10 Å². The van der Waals surface area contributed by atoms with Crippen molar-refractivity contribution in [3.63, 3.8) is 0 Å². The van der Waals surface area contributed by atoms with Crippen LogP contribution in [-0.2, 0) is 0 Å². The molecule has 1 rings (SSSR count). The number of aliphatic hydroxyl groups excluding tert-OH is 1. The fourth-order valence-electron chi connectivity index (χ4n) is 1.46. The molecule has 1 atom stereocenters.